The first-order chi connectivity index (χ1) is 8.09. The molecule has 0 aliphatic rings. The first kappa shape index (κ1) is 11.7. The van der Waals surface area contributed by atoms with Gasteiger partial charge in [-0.25, -0.2) is 18.4 Å². The smallest absolute Gasteiger partial charge is 0.263 e. The van der Waals surface area contributed by atoms with Gasteiger partial charge in [-0.15, -0.1) is 0 Å². The topological polar surface area (TPSA) is 84.8 Å². The van der Waals surface area contributed by atoms with Crippen LogP contribution in [-0.4, -0.2) is 23.4 Å². The Hall–Kier alpha value is -1.73. The van der Waals surface area contributed by atoms with Gasteiger partial charge in [-0.2, -0.15) is 0 Å². The van der Waals surface area contributed by atoms with Crippen molar-refractivity contribution in [2.45, 2.75) is 4.90 Å². The van der Waals surface area contributed by atoms with Gasteiger partial charge in [-0.1, -0.05) is 11.6 Å². The van der Waals surface area contributed by atoms with E-state index in [1.54, 1.807) is 0 Å². The Morgan fingerprint density at radius 1 is 1.18 bits per heavy atom. The molecule has 0 spiro atoms. The molecule has 0 aliphatic carbocycles. The maximum atomic E-state index is 11.9. The minimum atomic E-state index is -3.74. The lowest BCUT2D eigenvalue weighted by Crippen LogP contribution is -2.14. The standard InChI is InChI=1S/C9H7ClN4O2S/c10-8-9(13-5-4-12-8)14-17(15,16)7-2-1-3-11-6-7/h1-6H,(H,13,14). The minimum absolute atomic E-state index is 0.0139. The van der Waals surface area contributed by atoms with Gasteiger partial charge in [0.2, 0.25) is 0 Å². The molecule has 0 fully saturated rings. The second-order valence-electron chi connectivity index (χ2n) is 2.99. The lowest BCUT2D eigenvalue weighted by Gasteiger charge is -2.06. The summed E-state index contributed by atoms with van der Waals surface area (Å²) in [5.74, 6) is -0.0157. The molecule has 0 saturated heterocycles. The predicted molar refractivity (Wildman–Crippen MR) is 62.1 cm³/mol. The van der Waals surface area contributed by atoms with Crippen molar-refractivity contribution in [3.05, 3.63) is 42.1 Å². The molecule has 0 atom stereocenters. The number of rotatable bonds is 3. The molecular weight excluding hydrogens is 264 g/mol. The molecule has 0 unspecified atom stereocenters. The van der Waals surface area contributed by atoms with Crippen LogP contribution >= 0.6 is 11.6 Å². The lowest BCUT2D eigenvalue weighted by atomic mass is 10.5. The van der Waals surface area contributed by atoms with E-state index in [1.165, 1.54) is 36.9 Å². The maximum absolute atomic E-state index is 11.9. The summed E-state index contributed by atoms with van der Waals surface area (Å²) in [6.45, 7) is 0. The fourth-order valence-electron chi connectivity index (χ4n) is 1.08. The zero-order chi connectivity index (χ0) is 12.3. The first-order valence-corrected chi connectivity index (χ1v) is 6.35. The molecule has 2 heterocycles. The molecule has 17 heavy (non-hydrogen) atoms. The number of anilines is 1. The van der Waals surface area contributed by atoms with E-state index >= 15 is 0 Å². The van der Waals surface area contributed by atoms with E-state index in [2.05, 4.69) is 19.7 Å². The molecule has 2 rings (SSSR count). The monoisotopic (exact) mass is 270 g/mol. The first-order valence-electron chi connectivity index (χ1n) is 4.49. The Morgan fingerprint density at radius 2 is 1.94 bits per heavy atom. The third kappa shape index (κ3) is 2.69. The quantitative estimate of drug-likeness (QED) is 0.909. The molecule has 2 aromatic rings. The SMILES string of the molecule is O=S(=O)(Nc1nccnc1Cl)c1cccnc1. The predicted octanol–water partition coefficient (Wildman–Crippen LogP) is 1.33. The van der Waals surface area contributed by atoms with Gasteiger partial charge < -0.3 is 0 Å². The van der Waals surface area contributed by atoms with Crippen LogP contribution < -0.4 is 4.72 Å². The summed E-state index contributed by atoms with van der Waals surface area (Å²) in [6, 6.07) is 2.94. The third-order valence-electron chi connectivity index (χ3n) is 1.83. The van der Waals surface area contributed by atoms with Crippen molar-refractivity contribution >= 4 is 27.4 Å². The molecular formula is C9H7ClN4O2S. The summed E-state index contributed by atoms with van der Waals surface area (Å²) in [4.78, 5) is 11.3. The van der Waals surface area contributed by atoms with Gasteiger partial charge in [0.15, 0.2) is 11.0 Å². The Morgan fingerprint density at radius 3 is 2.59 bits per heavy atom. The van der Waals surface area contributed by atoms with Gasteiger partial charge >= 0.3 is 0 Å². The molecule has 0 aromatic carbocycles. The molecule has 0 bridgehead atoms. The highest BCUT2D eigenvalue weighted by molar-refractivity contribution is 7.92. The molecule has 0 amide bonds. The van der Waals surface area contributed by atoms with Crippen LogP contribution in [0.3, 0.4) is 0 Å². The van der Waals surface area contributed by atoms with Crippen molar-refractivity contribution in [1.82, 2.24) is 15.0 Å². The highest BCUT2D eigenvalue weighted by atomic mass is 35.5. The van der Waals surface area contributed by atoms with Crippen LogP contribution in [0.2, 0.25) is 5.15 Å². The second-order valence-corrected chi connectivity index (χ2v) is 5.03. The van der Waals surface area contributed by atoms with Crippen molar-refractivity contribution in [2.75, 3.05) is 4.72 Å². The summed E-state index contributed by atoms with van der Waals surface area (Å²) in [6.07, 6.45) is 5.41. The van der Waals surface area contributed by atoms with E-state index in [-0.39, 0.29) is 15.9 Å². The van der Waals surface area contributed by atoms with Crippen molar-refractivity contribution in [3.8, 4) is 0 Å². The highest BCUT2D eigenvalue weighted by Gasteiger charge is 2.16. The summed E-state index contributed by atoms with van der Waals surface area (Å²) in [7, 11) is -3.74. The number of nitrogens with zero attached hydrogens (tertiary/aromatic N) is 3. The number of nitrogens with one attached hydrogen (secondary N) is 1. The summed E-state index contributed by atoms with van der Waals surface area (Å²) in [5.41, 5.74) is 0. The molecule has 0 aliphatic heterocycles. The number of halogens is 1. The van der Waals surface area contributed by atoms with Crippen LogP contribution in [-0.2, 0) is 10.0 Å². The van der Waals surface area contributed by atoms with Crippen LogP contribution in [0.4, 0.5) is 5.82 Å². The van der Waals surface area contributed by atoms with E-state index in [4.69, 9.17) is 11.6 Å². The number of sulfonamides is 1. The van der Waals surface area contributed by atoms with E-state index < -0.39 is 10.0 Å². The average Bonchev–Trinajstić information content (AvgIpc) is 2.33. The lowest BCUT2D eigenvalue weighted by molar-refractivity contribution is 0.600. The number of hydrogen-bond acceptors (Lipinski definition) is 5. The minimum Gasteiger partial charge on any atom is -0.263 e. The Labute approximate surface area is 103 Å². The van der Waals surface area contributed by atoms with Crippen molar-refractivity contribution < 1.29 is 8.42 Å². The van der Waals surface area contributed by atoms with E-state index in [0.29, 0.717) is 0 Å². The summed E-state index contributed by atoms with van der Waals surface area (Å²) < 4.78 is 26.0. The molecule has 0 saturated carbocycles. The fourth-order valence-corrected chi connectivity index (χ4v) is 2.27. The largest absolute Gasteiger partial charge is 0.264 e. The fraction of sp³-hybridized carbons (Fsp3) is 0. The Kier molecular flexibility index (Phi) is 3.21. The van der Waals surface area contributed by atoms with Crippen molar-refractivity contribution in [2.24, 2.45) is 0 Å². The van der Waals surface area contributed by atoms with E-state index in [0.717, 1.165) is 0 Å². The van der Waals surface area contributed by atoms with Gasteiger partial charge in [0, 0.05) is 24.8 Å². The zero-order valence-corrected chi connectivity index (χ0v) is 9.98. The Balaban J connectivity index is 2.34. The normalized spacial score (nSPS) is 11.1. The van der Waals surface area contributed by atoms with Crippen LogP contribution in [0, 0.1) is 0 Å². The molecule has 88 valence electrons. The number of pyridine rings is 1. The number of aromatic nitrogens is 3. The molecule has 6 nitrogen and oxygen atoms in total. The van der Waals surface area contributed by atoms with Crippen molar-refractivity contribution in [3.63, 3.8) is 0 Å². The van der Waals surface area contributed by atoms with Gasteiger partial charge in [0.05, 0.1) is 0 Å². The molecule has 2 aromatic heterocycles. The van der Waals surface area contributed by atoms with Crippen LogP contribution in [0.5, 0.6) is 0 Å². The van der Waals surface area contributed by atoms with Crippen LogP contribution in [0.25, 0.3) is 0 Å². The highest BCUT2D eigenvalue weighted by Crippen LogP contribution is 2.18. The molecule has 8 heteroatoms. The van der Waals surface area contributed by atoms with E-state index in [1.807, 2.05) is 0 Å². The number of hydrogen-bond donors (Lipinski definition) is 1. The molecule has 1 N–H and O–H groups in total. The van der Waals surface area contributed by atoms with Gasteiger partial charge in [-0.3, -0.25) is 9.71 Å². The van der Waals surface area contributed by atoms with Crippen molar-refractivity contribution in [1.29, 1.82) is 0 Å². The van der Waals surface area contributed by atoms with Crippen LogP contribution in [0.1, 0.15) is 0 Å². The molecule has 0 radical (unpaired) electrons. The van der Waals surface area contributed by atoms with Crippen LogP contribution in [0.15, 0.2) is 41.8 Å². The maximum Gasteiger partial charge on any atom is 0.264 e. The van der Waals surface area contributed by atoms with Gasteiger partial charge in [0.1, 0.15) is 4.90 Å². The average molecular weight is 271 g/mol. The van der Waals surface area contributed by atoms with Gasteiger partial charge in [-0.05, 0) is 12.1 Å². The summed E-state index contributed by atoms with van der Waals surface area (Å²) >= 11 is 5.70. The Bertz CT molecular complexity index is 618. The summed E-state index contributed by atoms with van der Waals surface area (Å²) in [5, 5.41) is -0.0139. The zero-order valence-electron chi connectivity index (χ0n) is 8.41. The van der Waals surface area contributed by atoms with E-state index in [9.17, 15) is 8.42 Å². The second kappa shape index (κ2) is 4.64. The third-order valence-corrected chi connectivity index (χ3v) is 3.43. The van der Waals surface area contributed by atoms with Gasteiger partial charge in [0.25, 0.3) is 10.0 Å².